The predicted molar refractivity (Wildman–Crippen MR) is 47.6 cm³/mol. The van der Waals surface area contributed by atoms with Gasteiger partial charge in [-0.1, -0.05) is 18.2 Å². The summed E-state index contributed by atoms with van der Waals surface area (Å²) < 4.78 is 4.99. The summed E-state index contributed by atoms with van der Waals surface area (Å²) in [6.45, 7) is 0. The van der Waals surface area contributed by atoms with Crippen molar-refractivity contribution in [1.82, 2.24) is 0 Å². The molecule has 0 aliphatic carbocycles. The minimum atomic E-state index is -0.122. The summed E-state index contributed by atoms with van der Waals surface area (Å²) in [4.78, 5) is 10.8. The number of aryl methyl sites for hydroxylation is 1. The molecule has 0 saturated carbocycles. The molecular weight excluding hydrogens is 176 g/mol. The van der Waals surface area contributed by atoms with Crippen LogP contribution in [0.15, 0.2) is 24.3 Å². The Morgan fingerprint density at radius 2 is 1.92 bits per heavy atom. The average molecular weight is 185 g/mol. The smallest absolute Gasteiger partial charge is 0.311 e. The molecular formula is C9H9ClO2. The number of esters is 1. The van der Waals surface area contributed by atoms with Crippen LogP contribution in [0.1, 0.15) is 12.0 Å². The van der Waals surface area contributed by atoms with E-state index < -0.39 is 0 Å². The summed E-state index contributed by atoms with van der Waals surface area (Å²) in [6.07, 6.45) is 1.33. The van der Waals surface area contributed by atoms with E-state index in [-0.39, 0.29) is 18.4 Å². The van der Waals surface area contributed by atoms with Gasteiger partial charge in [-0.25, -0.2) is 0 Å². The number of halogens is 1. The zero-order chi connectivity index (χ0) is 7.68. The number of carbonyl (C=O) groups is 1. The van der Waals surface area contributed by atoms with E-state index in [9.17, 15) is 4.79 Å². The standard InChI is InChI=1S/C9H8O2.ClH/c10-9-6-5-7-3-1-2-4-8(7)11-9;/h1-4H,5-6H2;1H. The molecule has 1 aromatic rings. The molecule has 0 radical (unpaired) electrons. The Morgan fingerprint density at radius 1 is 1.17 bits per heavy atom. The van der Waals surface area contributed by atoms with E-state index in [1.807, 2.05) is 24.3 Å². The summed E-state index contributed by atoms with van der Waals surface area (Å²) in [5.41, 5.74) is 1.13. The lowest BCUT2D eigenvalue weighted by atomic mass is 10.1. The molecule has 64 valence electrons. The van der Waals surface area contributed by atoms with Gasteiger partial charge in [0, 0.05) is 0 Å². The highest BCUT2D eigenvalue weighted by atomic mass is 35.5. The molecule has 0 unspecified atom stereocenters. The summed E-state index contributed by atoms with van der Waals surface area (Å²) >= 11 is 0. The van der Waals surface area contributed by atoms with Crippen LogP contribution in [0.5, 0.6) is 5.75 Å². The van der Waals surface area contributed by atoms with Crippen LogP contribution in [0.3, 0.4) is 0 Å². The third-order valence-corrected chi connectivity index (χ3v) is 1.79. The van der Waals surface area contributed by atoms with E-state index in [0.29, 0.717) is 6.42 Å². The number of ether oxygens (including phenoxy) is 1. The van der Waals surface area contributed by atoms with E-state index in [0.717, 1.165) is 17.7 Å². The number of benzene rings is 1. The second kappa shape index (κ2) is 3.59. The van der Waals surface area contributed by atoms with Gasteiger partial charge in [0.2, 0.25) is 0 Å². The molecule has 2 rings (SSSR count). The zero-order valence-electron chi connectivity index (χ0n) is 6.45. The lowest BCUT2D eigenvalue weighted by Gasteiger charge is -2.13. The van der Waals surface area contributed by atoms with E-state index >= 15 is 0 Å². The maximum absolute atomic E-state index is 10.8. The zero-order valence-corrected chi connectivity index (χ0v) is 7.26. The molecule has 1 aromatic carbocycles. The number of fused-ring (bicyclic) bond motifs is 1. The second-order valence-electron chi connectivity index (χ2n) is 2.58. The minimum Gasteiger partial charge on any atom is -0.426 e. The van der Waals surface area contributed by atoms with Gasteiger partial charge in [0.25, 0.3) is 0 Å². The first-order valence-corrected chi connectivity index (χ1v) is 3.65. The molecule has 0 aromatic heterocycles. The fraction of sp³-hybridized carbons (Fsp3) is 0.222. The van der Waals surface area contributed by atoms with Gasteiger partial charge in [-0.05, 0) is 18.1 Å². The first-order chi connectivity index (χ1) is 5.36. The predicted octanol–water partition coefficient (Wildman–Crippen LogP) is 1.96. The quantitative estimate of drug-likeness (QED) is 0.455. The van der Waals surface area contributed by atoms with Crippen LogP contribution in [0.4, 0.5) is 0 Å². The van der Waals surface area contributed by atoms with Crippen molar-refractivity contribution in [2.45, 2.75) is 12.8 Å². The molecule has 1 heterocycles. The van der Waals surface area contributed by atoms with Gasteiger partial charge in [-0.15, -0.1) is 12.4 Å². The normalized spacial score (nSPS) is 14.2. The van der Waals surface area contributed by atoms with Crippen molar-refractivity contribution in [1.29, 1.82) is 0 Å². The topological polar surface area (TPSA) is 26.3 Å². The van der Waals surface area contributed by atoms with Crippen LogP contribution in [0, 0.1) is 0 Å². The lowest BCUT2D eigenvalue weighted by molar-refractivity contribution is -0.135. The van der Waals surface area contributed by atoms with Crippen molar-refractivity contribution in [2.75, 3.05) is 0 Å². The van der Waals surface area contributed by atoms with Crippen molar-refractivity contribution < 1.29 is 9.53 Å². The van der Waals surface area contributed by atoms with Crippen LogP contribution in [0.25, 0.3) is 0 Å². The third kappa shape index (κ3) is 1.59. The lowest BCUT2D eigenvalue weighted by Crippen LogP contribution is -2.15. The van der Waals surface area contributed by atoms with Gasteiger partial charge in [0.1, 0.15) is 5.75 Å². The summed E-state index contributed by atoms with van der Waals surface area (Å²) in [7, 11) is 0. The minimum absolute atomic E-state index is 0. The molecule has 12 heavy (non-hydrogen) atoms. The first kappa shape index (κ1) is 9.07. The van der Waals surface area contributed by atoms with E-state index in [2.05, 4.69) is 0 Å². The molecule has 0 atom stereocenters. The Morgan fingerprint density at radius 3 is 2.75 bits per heavy atom. The van der Waals surface area contributed by atoms with Crippen LogP contribution in [-0.2, 0) is 11.2 Å². The molecule has 0 N–H and O–H groups in total. The molecule has 1 aliphatic rings. The maximum atomic E-state index is 10.8. The number of hydrogen-bond acceptors (Lipinski definition) is 2. The number of rotatable bonds is 0. The molecule has 0 amide bonds. The molecule has 0 bridgehead atoms. The fourth-order valence-corrected chi connectivity index (χ4v) is 1.22. The highest BCUT2D eigenvalue weighted by Crippen LogP contribution is 2.23. The summed E-state index contributed by atoms with van der Waals surface area (Å²) in [5, 5.41) is 0. The fourth-order valence-electron chi connectivity index (χ4n) is 1.22. The van der Waals surface area contributed by atoms with E-state index in [1.54, 1.807) is 0 Å². The highest BCUT2D eigenvalue weighted by Gasteiger charge is 2.15. The Kier molecular flexibility index (Phi) is 2.71. The van der Waals surface area contributed by atoms with Crippen LogP contribution in [0.2, 0.25) is 0 Å². The number of para-hydroxylation sites is 1. The Hall–Kier alpha value is -1.02. The Bertz CT molecular complexity index is 296. The van der Waals surface area contributed by atoms with Crippen LogP contribution >= 0.6 is 12.4 Å². The SMILES string of the molecule is Cl.O=C1CCc2ccccc2O1. The van der Waals surface area contributed by atoms with Crippen LogP contribution < -0.4 is 4.74 Å². The molecule has 2 nitrogen and oxygen atoms in total. The largest absolute Gasteiger partial charge is 0.426 e. The van der Waals surface area contributed by atoms with Crippen molar-refractivity contribution in [3.63, 3.8) is 0 Å². The Balaban J connectivity index is 0.000000720. The molecule has 0 spiro atoms. The molecule has 1 aliphatic heterocycles. The van der Waals surface area contributed by atoms with Gasteiger partial charge in [0.15, 0.2) is 0 Å². The molecule has 3 heteroatoms. The maximum Gasteiger partial charge on any atom is 0.311 e. The molecule has 0 fully saturated rings. The second-order valence-corrected chi connectivity index (χ2v) is 2.58. The van der Waals surface area contributed by atoms with Crippen molar-refractivity contribution in [3.8, 4) is 5.75 Å². The number of hydrogen-bond donors (Lipinski definition) is 0. The number of carbonyl (C=O) groups excluding carboxylic acids is 1. The third-order valence-electron chi connectivity index (χ3n) is 1.79. The highest BCUT2D eigenvalue weighted by molar-refractivity contribution is 5.85. The van der Waals surface area contributed by atoms with Gasteiger partial charge in [-0.3, -0.25) is 4.79 Å². The van der Waals surface area contributed by atoms with Gasteiger partial charge in [-0.2, -0.15) is 0 Å². The molecule has 0 saturated heterocycles. The monoisotopic (exact) mass is 184 g/mol. The van der Waals surface area contributed by atoms with E-state index in [4.69, 9.17) is 4.74 Å². The van der Waals surface area contributed by atoms with Crippen molar-refractivity contribution in [3.05, 3.63) is 29.8 Å². The summed E-state index contributed by atoms with van der Waals surface area (Å²) in [5.74, 6) is 0.604. The summed E-state index contributed by atoms with van der Waals surface area (Å²) in [6, 6.07) is 7.64. The van der Waals surface area contributed by atoms with Gasteiger partial charge >= 0.3 is 5.97 Å². The Labute approximate surface area is 76.9 Å². The van der Waals surface area contributed by atoms with Gasteiger partial charge < -0.3 is 4.74 Å². The first-order valence-electron chi connectivity index (χ1n) is 3.65. The van der Waals surface area contributed by atoms with Crippen LogP contribution in [-0.4, -0.2) is 5.97 Å². The average Bonchev–Trinajstić information content (AvgIpc) is 2.04. The van der Waals surface area contributed by atoms with E-state index in [1.165, 1.54) is 0 Å². The van der Waals surface area contributed by atoms with Crippen molar-refractivity contribution >= 4 is 18.4 Å². The van der Waals surface area contributed by atoms with Crippen molar-refractivity contribution in [2.24, 2.45) is 0 Å². The van der Waals surface area contributed by atoms with Gasteiger partial charge in [0.05, 0.1) is 6.42 Å².